The number of hydrogen-bond acceptors (Lipinski definition) is 3. The summed E-state index contributed by atoms with van der Waals surface area (Å²) in [5.41, 5.74) is 6.35. The zero-order valence-corrected chi connectivity index (χ0v) is 8.54. The zero-order valence-electron chi connectivity index (χ0n) is 7.73. The molecular formula is C10H10N2OS. The fourth-order valence-electron chi connectivity index (χ4n) is 1.29. The fourth-order valence-corrected chi connectivity index (χ4v) is 1.83. The summed E-state index contributed by atoms with van der Waals surface area (Å²) >= 11 is 0. The van der Waals surface area contributed by atoms with E-state index in [1.165, 1.54) is 0 Å². The van der Waals surface area contributed by atoms with Crippen molar-refractivity contribution in [3.63, 3.8) is 0 Å². The van der Waals surface area contributed by atoms with E-state index in [1.54, 1.807) is 12.3 Å². The molecule has 0 saturated heterocycles. The van der Waals surface area contributed by atoms with Crippen LogP contribution in [0.2, 0.25) is 0 Å². The van der Waals surface area contributed by atoms with Crippen molar-refractivity contribution in [1.82, 2.24) is 4.98 Å². The Bertz CT molecular complexity index is 510. The quantitative estimate of drug-likeness (QED) is 0.770. The molecule has 0 aliphatic heterocycles. The van der Waals surface area contributed by atoms with Crippen LogP contribution in [0.3, 0.4) is 0 Å². The number of anilines is 1. The summed E-state index contributed by atoms with van der Waals surface area (Å²) in [7, 11) is -0.972. The third kappa shape index (κ3) is 1.61. The first kappa shape index (κ1) is 9.15. The van der Waals surface area contributed by atoms with Crippen molar-refractivity contribution < 1.29 is 4.21 Å². The molecule has 0 spiro atoms. The zero-order chi connectivity index (χ0) is 10.1. The molecule has 0 saturated carbocycles. The average Bonchev–Trinajstić information content (AvgIpc) is 2.16. The van der Waals surface area contributed by atoms with Gasteiger partial charge in [0.1, 0.15) is 5.82 Å². The number of benzene rings is 1. The molecule has 1 aromatic carbocycles. The SMILES string of the molecule is CS(=O)c1ccc2ccc(N)nc2c1. The summed E-state index contributed by atoms with van der Waals surface area (Å²) < 4.78 is 11.2. The number of nitrogens with two attached hydrogens (primary N) is 1. The standard InChI is InChI=1S/C10H10N2OS/c1-14(13)8-4-2-7-3-5-10(11)12-9(7)6-8/h2-6H,1H3,(H2,11,12). The number of rotatable bonds is 1. The molecule has 1 atom stereocenters. The van der Waals surface area contributed by atoms with Gasteiger partial charge in [0.05, 0.1) is 5.52 Å². The molecule has 2 aromatic rings. The van der Waals surface area contributed by atoms with E-state index in [9.17, 15) is 4.21 Å². The van der Waals surface area contributed by atoms with E-state index in [0.717, 1.165) is 15.8 Å². The van der Waals surface area contributed by atoms with Gasteiger partial charge in [0.15, 0.2) is 0 Å². The number of fused-ring (bicyclic) bond motifs is 1. The summed E-state index contributed by atoms with van der Waals surface area (Å²) in [6.45, 7) is 0. The van der Waals surface area contributed by atoms with Crippen molar-refractivity contribution in [2.45, 2.75) is 4.90 Å². The van der Waals surface area contributed by atoms with E-state index in [-0.39, 0.29) is 0 Å². The maximum absolute atomic E-state index is 11.2. The summed E-state index contributed by atoms with van der Waals surface area (Å²) in [5, 5.41) is 1.01. The Hall–Kier alpha value is -1.42. The maximum atomic E-state index is 11.2. The molecule has 2 N–H and O–H groups in total. The molecule has 0 fully saturated rings. The molecule has 0 radical (unpaired) electrons. The molecule has 1 heterocycles. The molecular weight excluding hydrogens is 196 g/mol. The first-order valence-electron chi connectivity index (χ1n) is 4.16. The lowest BCUT2D eigenvalue weighted by Crippen LogP contribution is -1.92. The van der Waals surface area contributed by atoms with Crippen molar-refractivity contribution in [3.05, 3.63) is 30.3 Å². The van der Waals surface area contributed by atoms with Gasteiger partial charge in [0, 0.05) is 27.3 Å². The van der Waals surface area contributed by atoms with Crippen LogP contribution >= 0.6 is 0 Å². The lowest BCUT2D eigenvalue weighted by Gasteiger charge is -2.00. The fraction of sp³-hybridized carbons (Fsp3) is 0.100. The van der Waals surface area contributed by atoms with Gasteiger partial charge in [0.25, 0.3) is 0 Å². The Morgan fingerprint density at radius 2 is 2.00 bits per heavy atom. The van der Waals surface area contributed by atoms with Crippen LogP contribution in [-0.4, -0.2) is 15.4 Å². The Morgan fingerprint density at radius 1 is 1.29 bits per heavy atom. The third-order valence-corrected chi connectivity index (χ3v) is 2.93. The highest BCUT2D eigenvalue weighted by Crippen LogP contribution is 2.17. The number of nitrogen functional groups attached to an aromatic ring is 1. The molecule has 14 heavy (non-hydrogen) atoms. The largest absolute Gasteiger partial charge is 0.384 e. The smallest absolute Gasteiger partial charge is 0.124 e. The highest BCUT2D eigenvalue weighted by Gasteiger charge is 2.00. The molecule has 2 rings (SSSR count). The summed E-state index contributed by atoms with van der Waals surface area (Å²) in [4.78, 5) is 4.94. The second kappa shape index (κ2) is 3.38. The van der Waals surface area contributed by atoms with Gasteiger partial charge in [-0.25, -0.2) is 4.98 Å². The van der Waals surface area contributed by atoms with Crippen LogP contribution in [0.15, 0.2) is 35.2 Å². The summed E-state index contributed by atoms with van der Waals surface area (Å²) in [5.74, 6) is 0.483. The second-order valence-corrected chi connectivity index (χ2v) is 4.42. The number of pyridine rings is 1. The van der Waals surface area contributed by atoms with E-state index in [4.69, 9.17) is 5.73 Å². The lowest BCUT2D eigenvalue weighted by molar-refractivity contribution is 0.687. The van der Waals surface area contributed by atoms with Gasteiger partial charge in [-0.15, -0.1) is 0 Å². The minimum Gasteiger partial charge on any atom is -0.384 e. The molecule has 4 heteroatoms. The predicted molar refractivity (Wildman–Crippen MR) is 58.5 cm³/mol. The second-order valence-electron chi connectivity index (χ2n) is 3.04. The number of hydrogen-bond donors (Lipinski definition) is 1. The van der Waals surface area contributed by atoms with Crippen LogP contribution in [0.5, 0.6) is 0 Å². The first-order chi connectivity index (χ1) is 6.66. The average molecular weight is 206 g/mol. The van der Waals surface area contributed by atoms with Crippen molar-refractivity contribution in [1.29, 1.82) is 0 Å². The monoisotopic (exact) mass is 206 g/mol. The van der Waals surface area contributed by atoms with Crippen LogP contribution in [0.25, 0.3) is 10.9 Å². The molecule has 0 bridgehead atoms. The first-order valence-corrected chi connectivity index (χ1v) is 5.72. The van der Waals surface area contributed by atoms with Gasteiger partial charge in [0.2, 0.25) is 0 Å². The Labute approximate surface area is 84.4 Å². The topological polar surface area (TPSA) is 56.0 Å². The van der Waals surface area contributed by atoms with E-state index in [1.807, 2.05) is 24.3 Å². The van der Waals surface area contributed by atoms with Gasteiger partial charge in [-0.2, -0.15) is 0 Å². The van der Waals surface area contributed by atoms with Gasteiger partial charge >= 0.3 is 0 Å². The molecule has 72 valence electrons. The summed E-state index contributed by atoms with van der Waals surface area (Å²) in [6.07, 6.45) is 1.65. The normalized spacial score (nSPS) is 12.9. The van der Waals surface area contributed by atoms with Crippen molar-refractivity contribution >= 4 is 27.5 Å². The number of aromatic nitrogens is 1. The van der Waals surface area contributed by atoms with Crippen LogP contribution in [0.4, 0.5) is 5.82 Å². The highest BCUT2D eigenvalue weighted by molar-refractivity contribution is 7.84. The number of nitrogens with zero attached hydrogens (tertiary/aromatic N) is 1. The Kier molecular flexibility index (Phi) is 2.21. The Morgan fingerprint density at radius 3 is 2.71 bits per heavy atom. The molecule has 0 aliphatic rings. The van der Waals surface area contributed by atoms with Crippen LogP contribution in [0.1, 0.15) is 0 Å². The van der Waals surface area contributed by atoms with Gasteiger partial charge in [-0.05, 0) is 24.3 Å². The van der Waals surface area contributed by atoms with E-state index < -0.39 is 10.8 Å². The van der Waals surface area contributed by atoms with Gasteiger partial charge in [-0.3, -0.25) is 4.21 Å². The third-order valence-electron chi connectivity index (χ3n) is 2.02. The van der Waals surface area contributed by atoms with Gasteiger partial charge < -0.3 is 5.73 Å². The lowest BCUT2D eigenvalue weighted by atomic mass is 10.2. The van der Waals surface area contributed by atoms with Crippen molar-refractivity contribution in [2.24, 2.45) is 0 Å². The van der Waals surface area contributed by atoms with Crippen molar-refractivity contribution in [2.75, 3.05) is 12.0 Å². The minimum absolute atomic E-state index is 0.483. The van der Waals surface area contributed by atoms with Gasteiger partial charge in [-0.1, -0.05) is 6.07 Å². The molecule has 0 amide bonds. The minimum atomic E-state index is -0.972. The highest BCUT2D eigenvalue weighted by atomic mass is 32.2. The van der Waals surface area contributed by atoms with E-state index >= 15 is 0 Å². The van der Waals surface area contributed by atoms with E-state index in [2.05, 4.69) is 4.98 Å². The van der Waals surface area contributed by atoms with E-state index in [0.29, 0.717) is 5.82 Å². The molecule has 1 aromatic heterocycles. The molecule has 3 nitrogen and oxygen atoms in total. The Balaban J connectivity index is 2.69. The van der Waals surface area contributed by atoms with Crippen LogP contribution < -0.4 is 5.73 Å². The molecule has 1 unspecified atom stereocenters. The van der Waals surface area contributed by atoms with Crippen LogP contribution in [0, 0.1) is 0 Å². The van der Waals surface area contributed by atoms with Crippen molar-refractivity contribution in [3.8, 4) is 0 Å². The predicted octanol–water partition coefficient (Wildman–Crippen LogP) is 1.55. The maximum Gasteiger partial charge on any atom is 0.124 e. The summed E-state index contributed by atoms with van der Waals surface area (Å²) in [6, 6.07) is 9.21. The molecule has 0 aliphatic carbocycles. The van der Waals surface area contributed by atoms with Crippen LogP contribution in [-0.2, 0) is 10.8 Å².